The van der Waals surface area contributed by atoms with Crippen LogP contribution in [-0.2, 0) is 4.74 Å². The van der Waals surface area contributed by atoms with Crippen molar-refractivity contribution in [3.63, 3.8) is 0 Å². The third-order valence-electron chi connectivity index (χ3n) is 3.05. The molecule has 0 aliphatic rings. The molecular formula is C14H19FO2. The molecule has 3 heteroatoms. The molecule has 0 fully saturated rings. The minimum Gasteiger partial charge on any atom is -0.367 e. The molecule has 0 aliphatic heterocycles. The molecule has 0 aromatic heterocycles. The Bertz CT molecular complexity index is 415. The first kappa shape index (κ1) is 13.8. The maximum absolute atomic E-state index is 13.0. The van der Waals surface area contributed by atoms with Gasteiger partial charge in [-0.05, 0) is 51.0 Å². The summed E-state index contributed by atoms with van der Waals surface area (Å²) in [4.78, 5) is 12.4. The van der Waals surface area contributed by atoms with Crippen molar-refractivity contribution >= 4 is 5.78 Å². The van der Waals surface area contributed by atoms with Crippen molar-refractivity contribution < 1.29 is 13.9 Å². The van der Waals surface area contributed by atoms with Crippen molar-refractivity contribution in [3.05, 3.63) is 35.1 Å². The number of Topliss-reactive ketones (excluding diaryl/α,β-unsaturated/α-hetero) is 1. The molecular weight excluding hydrogens is 219 g/mol. The van der Waals surface area contributed by atoms with Crippen LogP contribution in [0.25, 0.3) is 0 Å². The molecule has 0 radical (unpaired) electrons. The summed E-state index contributed by atoms with van der Waals surface area (Å²) < 4.78 is 18.5. The van der Waals surface area contributed by atoms with Crippen LogP contribution < -0.4 is 0 Å². The summed E-state index contributed by atoms with van der Waals surface area (Å²) in [5.74, 6) is -0.409. The average Bonchev–Trinajstić information content (AvgIpc) is 2.28. The number of aryl methyl sites for hydroxylation is 1. The van der Waals surface area contributed by atoms with E-state index >= 15 is 0 Å². The highest BCUT2D eigenvalue weighted by molar-refractivity contribution is 6.03. The second-order valence-corrected chi connectivity index (χ2v) is 4.31. The van der Waals surface area contributed by atoms with Gasteiger partial charge in [0.25, 0.3) is 0 Å². The predicted molar refractivity (Wildman–Crippen MR) is 65.8 cm³/mol. The lowest BCUT2D eigenvalue weighted by Gasteiger charge is -2.27. The van der Waals surface area contributed by atoms with Gasteiger partial charge in [0.05, 0.1) is 0 Å². The van der Waals surface area contributed by atoms with Crippen molar-refractivity contribution in [2.75, 3.05) is 6.61 Å². The number of ketones is 1. The Morgan fingerprint density at radius 1 is 1.41 bits per heavy atom. The van der Waals surface area contributed by atoms with Crippen LogP contribution in [0.1, 0.15) is 43.1 Å². The monoisotopic (exact) mass is 238 g/mol. The first-order valence-corrected chi connectivity index (χ1v) is 5.89. The zero-order valence-corrected chi connectivity index (χ0v) is 10.8. The molecule has 1 aromatic carbocycles. The van der Waals surface area contributed by atoms with Crippen LogP contribution in [0.4, 0.5) is 4.39 Å². The maximum atomic E-state index is 13.0. The molecule has 0 spiro atoms. The lowest BCUT2D eigenvalue weighted by atomic mass is 9.90. The zero-order chi connectivity index (χ0) is 13.1. The van der Waals surface area contributed by atoms with Gasteiger partial charge in [0, 0.05) is 12.2 Å². The van der Waals surface area contributed by atoms with Crippen molar-refractivity contribution in [3.8, 4) is 0 Å². The SMILES string of the molecule is CCOC(C)(CC)C(=O)c1ccc(F)cc1C. The Kier molecular flexibility index (Phi) is 4.40. The summed E-state index contributed by atoms with van der Waals surface area (Å²) in [6.07, 6.45) is 0.594. The summed E-state index contributed by atoms with van der Waals surface area (Å²) in [7, 11) is 0. The molecule has 0 heterocycles. The minimum atomic E-state index is -0.822. The summed E-state index contributed by atoms with van der Waals surface area (Å²) in [5, 5.41) is 0. The largest absolute Gasteiger partial charge is 0.367 e. The number of hydrogen-bond acceptors (Lipinski definition) is 2. The Morgan fingerprint density at radius 3 is 2.53 bits per heavy atom. The summed E-state index contributed by atoms with van der Waals surface area (Å²) >= 11 is 0. The van der Waals surface area contributed by atoms with Crippen molar-refractivity contribution in [1.82, 2.24) is 0 Å². The van der Waals surface area contributed by atoms with E-state index in [1.165, 1.54) is 18.2 Å². The van der Waals surface area contributed by atoms with Crippen LogP contribution in [0, 0.1) is 12.7 Å². The van der Waals surface area contributed by atoms with E-state index in [1.807, 2.05) is 13.8 Å². The third-order valence-corrected chi connectivity index (χ3v) is 3.05. The van der Waals surface area contributed by atoms with E-state index in [0.717, 1.165) is 0 Å². The fraction of sp³-hybridized carbons (Fsp3) is 0.500. The fourth-order valence-corrected chi connectivity index (χ4v) is 1.81. The highest BCUT2D eigenvalue weighted by Crippen LogP contribution is 2.23. The molecule has 94 valence electrons. The van der Waals surface area contributed by atoms with E-state index in [9.17, 15) is 9.18 Å². The van der Waals surface area contributed by atoms with Crippen LogP contribution in [0.2, 0.25) is 0 Å². The number of halogens is 1. The topological polar surface area (TPSA) is 26.3 Å². The first-order valence-electron chi connectivity index (χ1n) is 5.89. The van der Waals surface area contributed by atoms with Gasteiger partial charge in [-0.1, -0.05) is 6.92 Å². The number of carbonyl (C=O) groups excluding carboxylic acids is 1. The van der Waals surface area contributed by atoms with E-state index in [1.54, 1.807) is 13.8 Å². The van der Waals surface area contributed by atoms with Gasteiger partial charge in [-0.25, -0.2) is 4.39 Å². The molecule has 17 heavy (non-hydrogen) atoms. The van der Waals surface area contributed by atoms with Crippen LogP contribution in [0.5, 0.6) is 0 Å². The zero-order valence-electron chi connectivity index (χ0n) is 10.8. The average molecular weight is 238 g/mol. The molecule has 0 N–H and O–H groups in total. The van der Waals surface area contributed by atoms with E-state index < -0.39 is 5.60 Å². The van der Waals surface area contributed by atoms with E-state index in [0.29, 0.717) is 24.2 Å². The first-order chi connectivity index (χ1) is 7.94. The van der Waals surface area contributed by atoms with Gasteiger partial charge in [0.1, 0.15) is 11.4 Å². The third kappa shape index (κ3) is 2.91. The maximum Gasteiger partial charge on any atom is 0.194 e. The van der Waals surface area contributed by atoms with Crippen molar-refractivity contribution in [2.45, 2.75) is 39.7 Å². The molecule has 0 saturated carbocycles. The quantitative estimate of drug-likeness (QED) is 0.734. The Morgan fingerprint density at radius 2 is 2.06 bits per heavy atom. The highest BCUT2D eigenvalue weighted by Gasteiger charge is 2.33. The smallest absolute Gasteiger partial charge is 0.194 e. The minimum absolute atomic E-state index is 0.0839. The molecule has 0 aliphatic carbocycles. The number of carbonyl (C=O) groups is 1. The Balaban J connectivity index is 3.10. The molecule has 1 rings (SSSR count). The molecule has 1 atom stereocenters. The lowest BCUT2D eigenvalue weighted by Crippen LogP contribution is -2.38. The number of hydrogen-bond donors (Lipinski definition) is 0. The van der Waals surface area contributed by atoms with Gasteiger partial charge in [-0.2, -0.15) is 0 Å². The van der Waals surface area contributed by atoms with Gasteiger partial charge >= 0.3 is 0 Å². The number of rotatable bonds is 5. The molecule has 0 amide bonds. The number of ether oxygens (including phenoxy) is 1. The summed E-state index contributed by atoms with van der Waals surface area (Å²) in [5.41, 5.74) is 0.357. The van der Waals surface area contributed by atoms with Gasteiger partial charge in [0.2, 0.25) is 0 Å². The molecule has 0 saturated heterocycles. The predicted octanol–water partition coefficient (Wildman–Crippen LogP) is 3.52. The Labute approximate surface area is 102 Å². The van der Waals surface area contributed by atoms with Crippen molar-refractivity contribution in [2.24, 2.45) is 0 Å². The van der Waals surface area contributed by atoms with Crippen LogP contribution in [0.3, 0.4) is 0 Å². The van der Waals surface area contributed by atoms with E-state index in [-0.39, 0.29) is 11.6 Å². The van der Waals surface area contributed by atoms with Crippen LogP contribution >= 0.6 is 0 Å². The summed E-state index contributed by atoms with van der Waals surface area (Å²) in [6.45, 7) is 7.77. The molecule has 1 unspecified atom stereocenters. The second-order valence-electron chi connectivity index (χ2n) is 4.31. The number of benzene rings is 1. The van der Waals surface area contributed by atoms with Gasteiger partial charge in [0.15, 0.2) is 5.78 Å². The molecule has 1 aromatic rings. The second kappa shape index (κ2) is 5.41. The van der Waals surface area contributed by atoms with Gasteiger partial charge in [-0.3, -0.25) is 4.79 Å². The standard InChI is InChI=1S/C14H19FO2/c1-5-14(4,17-6-2)13(16)12-8-7-11(15)9-10(12)3/h7-9H,5-6H2,1-4H3. The summed E-state index contributed by atoms with van der Waals surface area (Å²) in [6, 6.07) is 4.21. The van der Waals surface area contributed by atoms with E-state index in [2.05, 4.69) is 0 Å². The van der Waals surface area contributed by atoms with Crippen LogP contribution in [-0.4, -0.2) is 18.0 Å². The van der Waals surface area contributed by atoms with Crippen molar-refractivity contribution in [1.29, 1.82) is 0 Å². The van der Waals surface area contributed by atoms with Crippen LogP contribution in [0.15, 0.2) is 18.2 Å². The lowest BCUT2D eigenvalue weighted by molar-refractivity contribution is -0.0116. The van der Waals surface area contributed by atoms with Gasteiger partial charge < -0.3 is 4.74 Å². The van der Waals surface area contributed by atoms with Gasteiger partial charge in [-0.15, -0.1) is 0 Å². The highest BCUT2D eigenvalue weighted by atomic mass is 19.1. The van der Waals surface area contributed by atoms with E-state index in [4.69, 9.17) is 4.74 Å². The molecule has 0 bridgehead atoms. The normalized spacial score (nSPS) is 14.4. The molecule has 2 nitrogen and oxygen atoms in total. The Hall–Kier alpha value is -1.22. The fourth-order valence-electron chi connectivity index (χ4n) is 1.81.